The number of carbonyl (C=O) groups excluding carboxylic acids is 1. The van der Waals surface area contributed by atoms with E-state index in [4.69, 9.17) is 9.47 Å². The minimum atomic E-state index is 0.0723. The van der Waals surface area contributed by atoms with Crippen LogP contribution in [0.2, 0.25) is 0 Å². The lowest BCUT2D eigenvalue weighted by Gasteiger charge is -2.17. The van der Waals surface area contributed by atoms with E-state index in [-0.39, 0.29) is 5.91 Å². The average Bonchev–Trinajstić information content (AvgIpc) is 3.05. The zero-order chi connectivity index (χ0) is 17.6. The number of para-hydroxylation sites is 1. The van der Waals surface area contributed by atoms with Gasteiger partial charge in [0.2, 0.25) is 5.91 Å². The summed E-state index contributed by atoms with van der Waals surface area (Å²) in [5.41, 5.74) is 2.07. The van der Waals surface area contributed by atoms with E-state index < -0.39 is 0 Å². The summed E-state index contributed by atoms with van der Waals surface area (Å²) < 4.78 is 10.8. The Kier molecular flexibility index (Phi) is 5.23. The van der Waals surface area contributed by atoms with Gasteiger partial charge in [-0.3, -0.25) is 4.79 Å². The van der Waals surface area contributed by atoms with Crippen LogP contribution in [0.3, 0.4) is 0 Å². The van der Waals surface area contributed by atoms with E-state index in [0.29, 0.717) is 19.6 Å². The molecule has 2 aromatic carbocycles. The summed E-state index contributed by atoms with van der Waals surface area (Å²) in [4.78, 5) is 17.3. The van der Waals surface area contributed by atoms with Crippen LogP contribution < -0.4 is 9.47 Å². The van der Waals surface area contributed by atoms with Gasteiger partial charge in [-0.1, -0.05) is 18.2 Å². The number of methoxy groups -OCH3 is 1. The van der Waals surface area contributed by atoms with Crippen molar-refractivity contribution in [2.45, 2.75) is 6.42 Å². The first kappa shape index (κ1) is 16.9. The van der Waals surface area contributed by atoms with Gasteiger partial charge in [-0.05, 0) is 35.9 Å². The number of carbonyl (C=O) groups is 1. The number of hydrogen-bond acceptors (Lipinski definition) is 3. The van der Waals surface area contributed by atoms with Crippen molar-refractivity contribution in [3.63, 3.8) is 0 Å². The van der Waals surface area contributed by atoms with E-state index in [9.17, 15) is 4.79 Å². The summed E-state index contributed by atoms with van der Waals surface area (Å²) >= 11 is 0. The summed E-state index contributed by atoms with van der Waals surface area (Å²) in [6.45, 7) is 0.982. The maximum atomic E-state index is 12.4. The van der Waals surface area contributed by atoms with Crippen LogP contribution in [0.25, 0.3) is 10.9 Å². The number of aromatic amines is 1. The molecule has 1 aromatic heterocycles. The van der Waals surface area contributed by atoms with Gasteiger partial charge >= 0.3 is 0 Å². The fourth-order valence-corrected chi connectivity index (χ4v) is 2.67. The van der Waals surface area contributed by atoms with E-state index in [1.807, 2.05) is 54.7 Å². The van der Waals surface area contributed by atoms with Crippen molar-refractivity contribution < 1.29 is 14.3 Å². The average molecular weight is 338 g/mol. The molecule has 1 N–H and O–H groups in total. The van der Waals surface area contributed by atoms with Gasteiger partial charge in [-0.2, -0.15) is 0 Å². The molecule has 5 heteroatoms. The van der Waals surface area contributed by atoms with E-state index in [0.717, 1.165) is 28.0 Å². The van der Waals surface area contributed by atoms with Gasteiger partial charge in [0, 0.05) is 24.1 Å². The Labute approximate surface area is 147 Å². The molecule has 0 saturated heterocycles. The lowest BCUT2D eigenvalue weighted by atomic mass is 10.1. The highest BCUT2D eigenvalue weighted by Gasteiger charge is 2.12. The Hall–Kier alpha value is -2.95. The summed E-state index contributed by atoms with van der Waals surface area (Å²) in [5, 5.41) is 1.10. The summed E-state index contributed by atoms with van der Waals surface area (Å²) in [6.07, 6.45) is 2.29. The fraction of sp³-hybridized carbons (Fsp3) is 0.250. The smallest absolute Gasteiger partial charge is 0.226 e. The summed E-state index contributed by atoms with van der Waals surface area (Å²) in [7, 11) is 3.43. The minimum Gasteiger partial charge on any atom is -0.497 e. The standard InChI is InChI=1S/C20H22N2O3/c1-22(11-12-25-17-9-7-16(24-2)8-10-17)20(23)13-15-14-21-19-6-4-3-5-18(15)19/h3-10,14,21H,11-13H2,1-2H3. The molecule has 25 heavy (non-hydrogen) atoms. The number of ether oxygens (including phenoxy) is 2. The van der Waals surface area contributed by atoms with Crippen LogP contribution in [0, 0.1) is 0 Å². The molecule has 3 rings (SSSR count). The van der Waals surface area contributed by atoms with Crippen LogP contribution in [0.5, 0.6) is 11.5 Å². The number of likely N-dealkylation sites (N-methyl/N-ethyl adjacent to an activating group) is 1. The van der Waals surface area contributed by atoms with Crippen LogP contribution in [0.15, 0.2) is 54.7 Å². The molecule has 1 amide bonds. The van der Waals surface area contributed by atoms with Crippen molar-refractivity contribution in [2.24, 2.45) is 0 Å². The molecule has 0 aliphatic heterocycles. The summed E-state index contributed by atoms with van der Waals surface area (Å²) in [5.74, 6) is 1.62. The number of amides is 1. The van der Waals surface area contributed by atoms with Crippen molar-refractivity contribution in [1.29, 1.82) is 0 Å². The Morgan fingerprint density at radius 1 is 1.08 bits per heavy atom. The first-order chi connectivity index (χ1) is 12.2. The topological polar surface area (TPSA) is 54.6 Å². The number of hydrogen-bond donors (Lipinski definition) is 1. The van der Waals surface area contributed by atoms with Crippen molar-refractivity contribution in [2.75, 3.05) is 27.3 Å². The second kappa shape index (κ2) is 7.75. The second-order valence-electron chi connectivity index (χ2n) is 5.88. The Bertz CT molecular complexity index is 840. The third-order valence-electron chi connectivity index (χ3n) is 4.20. The quantitative estimate of drug-likeness (QED) is 0.719. The van der Waals surface area contributed by atoms with Crippen LogP contribution in [0.1, 0.15) is 5.56 Å². The highest BCUT2D eigenvalue weighted by Crippen LogP contribution is 2.19. The number of nitrogens with one attached hydrogen (secondary N) is 1. The minimum absolute atomic E-state index is 0.0723. The second-order valence-corrected chi connectivity index (χ2v) is 5.88. The molecule has 5 nitrogen and oxygen atoms in total. The van der Waals surface area contributed by atoms with Gasteiger partial charge in [0.05, 0.1) is 20.1 Å². The number of aromatic nitrogens is 1. The molecule has 0 unspecified atom stereocenters. The van der Waals surface area contributed by atoms with Crippen LogP contribution in [0.4, 0.5) is 0 Å². The molecule has 1 heterocycles. The van der Waals surface area contributed by atoms with E-state index in [1.54, 1.807) is 19.1 Å². The highest BCUT2D eigenvalue weighted by molar-refractivity contribution is 5.88. The van der Waals surface area contributed by atoms with Crippen LogP contribution in [-0.2, 0) is 11.2 Å². The number of fused-ring (bicyclic) bond motifs is 1. The van der Waals surface area contributed by atoms with E-state index in [1.165, 1.54) is 0 Å². The van der Waals surface area contributed by atoms with Crippen LogP contribution in [-0.4, -0.2) is 43.1 Å². The number of H-pyrrole nitrogens is 1. The van der Waals surface area contributed by atoms with Gasteiger partial charge in [0.15, 0.2) is 0 Å². The van der Waals surface area contributed by atoms with E-state index in [2.05, 4.69) is 4.98 Å². The largest absolute Gasteiger partial charge is 0.497 e. The van der Waals surface area contributed by atoms with Crippen molar-refractivity contribution in [3.05, 3.63) is 60.3 Å². The Morgan fingerprint density at radius 2 is 1.80 bits per heavy atom. The molecule has 0 radical (unpaired) electrons. The highest BCUT2D eigenvalue weighted by atomic mass is 16.5. The predicted molar refractivity (Wildman–Crippen MR) is 98.1 cm³/mol. The Balaban J connectivity index is 1.50. The van der Waals surface area contributed by atoms with Gasteiger partial charge < -0.3 is 19.4 Å². The zero-order valence-electron chi connectivity index (χ0n) is 14.5. The zero-order valence-corrected chi connectivity index (χ0v) is 14.5. The number of rotatable bonds is 7. The molecule has 3 aromatic rings. The molecule has 0 fully saturated rings. The molecule has 130 valence electrons. The van der Waals surface area contributed by atoms with Gasteiger partial charge in [0.1, 0.15) is 18.1 Å². The molecule has 0 aliphatic rings. The third kappa shape index (κ3) is 4.12. The van der Waals surface area contributed by atoms with Crippen molar-refractivity contribution >= 4 is 16.8 Å². The summed E-state index contributed by atoms with van der Waals surface area (Å²) in [6, 6.07) is 15.4. The maximum absolute atomic E-state index is 12.4. The van der Waals surface area contributed by atoms with Gasteiger partial charge in [0.25, 0.3) is 0 Å². The first-order valence-corrected chi connectivity index (χ1v) is 8.23. The number of nitrogens with zero attached hydrogens (tertiary/aromatic N) is 1. The molecule has 0 aliphatic carbocycles. The van der Waals surface area contributed by atoms with E-state index >= 15 is 0 Å². The van der Waals surface area contributed by atoms with Gasteiger partial charge in [-0.15, -0.1) is 0 Å². The molecular formula is C20H22N2O3. The maximum Gasteiger partial charge on any atom is 0.226 e. The molecule has 0 spiro atoms. The third-order valence-corrected chi connectivity index (χ3v) is 4.20. The molecule has 0 saturated carbocycles. The molecule has 0 atom stereocenters. The Morgan fingerprint density at radius 3 is 2.56 bits per heavy atom. The fourth-order valence-electron chi connectivity index (χ4n) is 2.67. The monoisotopic (exact) mass is 338 g/mol. The lowest BCUT2D eigenvalue weighted by Crippen LogP contribution is -2.32. The van der Waals surface area contributed by atoms with Crippen molar-refractivity contribution in [3.8, 4) is 11.5 Å². The first-order valence-electron chi connectivity index (χ1n) is 8.23. The van der Waals surface area contributed by atoms with Gasteiger partial charge in [-0.25, -0.2) is 0 Å². The SMILES string of the molecule is COc1ccc(OCCN(C)C(=O)Cc2c[nH]c3ccccc23)cc1. The molecule has 0 bridgehead atoms. The molecular weight excluding hydrogens is 316 g/mol. The lowest BCUT2D eigenvalue weighted by molar-refractivity contribution is -0.129. The predicted octanol–water partition coefficient (Wildman–Crippen LogP) is 3.26. The normalized spacial score (nSPS) is 10.6. The van der Waals surface area contributed by atoms with Crippen LogP contribution >= 0.6 is 0 Å². The number of benzene rings is 2. The van der Waals surface area contributed by atoms with Crippen molar-refractivity contribution in [1.82, 2.24) is 9.88 Å².